The van der Waals surface area contributed by atoms with Crippen molar-refractivity contribution in [2.75, 3.05) is 0 Å². The fourth-order valence-electron chi connectivity index (χ4n) is 3.27. The van der Waals surface area contributed by atoms with Gasteiger partial charge in [-0.25, -0.2) is 0 Å². The van der Waals surface area contributed by atoms with Gasteiger partial charge in [0.15, 0.2) is 8.07 Å². The molecule has 3 aromatic rings. The van der Waals surface area contributed by atoms with E-state index in [4.69, 9.17) is 6.42 Å². The van der Waals surface area contributed by atoms with Crippen LogP contribution in [0.15, 0.2) is 91.0 Å². The van der Waals surface area contributed by atoms with E-state index >= 15 is 0 Å². The van der Waals surface area contributed by atoms with Crippen molar-refractivity contribution in [3.63, 3.8) is 0 Å². The van der Waals surface area contributed by atoms with E-state index in [0.29, 0.717) is 6.04 Å². The molecule has 116 valence electrons. The Bertz CT molecular complexity index is 752. The van der Waals surface area contributed by atoms with Gasteiger partial charge in [0.1, 0.15) is 0 Å². The predicted molar refractivity (Wildman–Crippen MR) is 103 cm³/mol. The third-order valence-electron chi connectivity index (χ3n) is 4.39. The zero-order valence-corrected chi connectivity index (χ0v) is 14.4. The number of hydrogen-bond donors (Lipinski definition) is 0. The number of hydrogen-bond acceptors (Lipinski definition) is 1. The molecule has 1 nitrogen and oxygen atoms in total. The molecule has 0 heterocycles. The molecule has 3 rings (SSSR count). The normalized spacial score (nSPS) is 10.8. The van der Waals surface area contributed by atoms with Gasteiger partial charge >= 0.3 is 0 Å². The summed E-state index contributed by atoms with van der Waals surface area (Å²) in [4.78, 5) is 12.3. The molecule has 0 aromatic heterocycles. The molecule has 0 saturated heterocycles. The molecular weight excluding hydrogens is 308 g/mol. The minimum Gasteiger partial charge on any atom is -0.285 e. The van der Waals surface area contributed by atoms with Crippen LogP contribution in [0, 0.1) is 12.3 Å². The monoisotopic (exact) mass is 326 g/mol. The molecule has 0 aliphatic carbocycles. The molecule has 0 spiro atoms. The van der Waals surface area contributed by atoms with Crippen LogP contribution < -0.4 is 15.6 Å². The van der Waals surface area contributed by atoms with Gasteiger partial charge in [-0.1, -0.05) is 91.0 Å². The maximum atomic E-state index is 12.3. The summed E-state index contributed by atoms with van der Waals surface area (Å²) >= 11 is 0. The van der Waals surface area contributed by atoms with E-state index in [1.54, 1.807) is 0 Å². The van der Waals surface area contributed by atoms with E-state index in [0.717, 1.165) is 0 Å². The number of Topliss-reactive ketones (excluding diaryl/α,β-unsaturated/α-hetero) is 1. The van der Waals surface area contributed by atoms with E-state index < -0.39 is 8.07 Å². The molecule has 24 heavy (non-hydrogen) atoms. The van der Waals surface area contributed by atoms with Crippen molar-refractivity contribution >= 4 is 29.4 Å². The summed E-state index contributed by atoms with van der Waals surface area (Å²) in [6.45, 7) is 0. The zero-order chi connectivity index (χ0) is 16.8. The highest BCUT2D eigenvalue weighted by atomic mass is 28.3. The van der Waals surface area contributed by atoms with Crippen molar-refractivity contribution in [3.8, 4) is 12.3 Å². The standard InChI is InChI=1S/C22H18OSi/c1-2-19(23)18-24(20-12-6-3-7-13-20,21-14-8-4-9-15-21)22-16-10-5-11-17-22/h1,3-17H,18H2. The van der Waals surface area contributed by atoms with Gasteiger partial charge < -0.3 is 0 Å². The van der Waals surface area contributed by atoms with Crippen LogP contribution in [0.5, 0.6) is 0 Å². The summed E-state index contributed by atoms with van der Waals surface area (Å²) < 4.78 is 0. The van der Waals surface area contributed by atoms with Crippen molar-refractivity contribution in [1.29, 1.82) is 0 Å². The Balaban J connectivity index is 2.33. The van der Waals surface area contributed by atoms with Crippen molar-refractivity contribution in [2.24, 2.45) is 0 Å². The van der Waals surface area contributed by atoms with Crippen molar-refractivity contribution < 1.29 is 4.79 Å². The fourth-order valence-corrected chi connectivity index (χ4v) is 7.75. The van der Waals surface area contributed by atoms with Crippen LogP contribution in [-0.4, -0.2) is 13.9 Å². The molecular formula is C22H18OSi. The van der Waals surface area contributed by atoms with E-state index in [2.05, 4.69) is 42.3 Å². The minimum atomic E-state index is -2.50. The first kappa shape index (κ1) is 16.0. The Morgan fingerprint density at radius 1 is 0.708 bits per heavy atom. The molecule has 0 bridgehead atoms. The SMILES string of the molecule is C#CC(=O)C[Si](c1ccccc1)(c1ccccc1)c1ccccc1. The predicted octanol–water partition coefficient (Wildman–Crippen LogP) is 2.36. The number of carbonyl (C=O) groups excluding carboxylic acids is 1. The average molecular weight is 326 g/mol. The van der Waals surface area contributed by atoms with Gasteiger partial charge in [0.25, 0.3) is 0 Å². The molecule has 2 heteroatoms. The third kappa shape index (κ3) is 2.95. The first-order valence-corrected chi connectivity index (χ1v) is 10.1. The highest BCUT2D eigenvalue weighted by Gasteiger charge is 2.40. The topological polar surface area (TPSA) is 17.1 Å². The summed E-state index contributed by atoms with van der Waals surface area (Å²) in [6.07, 6.45) is 5.44. The second kappa shape index (κ2) is 7.12. The summed E-state index contributed by atoms with van der Waals surface area (Å²) in [7, 11) is -2.50. The maximum Gasteiger partial charge on any atom is 0.203 e. The van der Waals surface area contributed by atoms with E-state index in [-0.39, 0.29) is 5.78 Å². The first-order valence-electron chi connectivity index (χ1n) is 7.93. The number of rotatable bonds is 5. The lowest BCUT2D eigenvalue weighted by molar-refractivity contribution is -0.111. The minimum absolute atomic E-state index is 0.141. The van der Waals surface area contributed by atoms with E-state index in [9.17, 15) is 4.79 Å². The fraction of sp³-hybridized carbons (Fsp3) is 0.0455. The Hall–Kier alpha value is -2.89. The second-order valence-corrected chi connectivity index (χ2v) is 9.64. The molecule has 0 atom stereocenters. The van der Waals surface area contributed by atoms with Crippen LogP contribution >= 0.6 is 0 Å². The Morgan fingerprint density at radius 3 is 1.33 bits per heavy atom. The molecule has 0 unspecified atom stereocenters. The first-order chi connectivity index (χ1) is 11.8. The van der Waals surface area contributed by atoms with Gasteiger partial charge in [-0.05, 0) is 21.5 Å². The van der Waals surface area contributed by atoms with Gasteiger partial charge in [-0.3, -0.25) is 4.79 Å². The van der Waals surface area contributed by atoms with Gasteiger partial charge in [0, 0.05) is 6.04 Å². The maximum absolute atomic E-state index is 12.3. The highest BCUT2D eigenvalue weighted by molar-refractivity contribution is 7.13. The zero-order valence-electron chi connectivity index (χ0n) is 13.4. The second-order valence-electron chi connectivity index (χ2n) is 5.75. The molecule has 0 N–H and O–H groups in total. The summed E-state index contributed by atoms with van der Waals surface area (Å²) in [6, 6.07) is 31.3. The van der Waals surface area contributed by atoms with E-state index in [1.807, 2.05) is 54.6 Å². The van der Waals surface area contributed by atoms with Gasteiger partial charge in [0.05, 0.1) is 0 Å². The highest BCUT2D eigenvalue weighted by Crippen LogP contribution is 2.13. The molecule has 0 aliphatic rings. The molecule has 0 amide bonds. The Labute approximate surface area is 144 Å². The van der Waals surface area contributed by atoms with E-state index in [1.165, 1.54) is 15.6 Å². The summed E-state index contributed by atoms with van der Waals surface area (Å²) in [5.41, 5.74) is 0. The van der Waals surface area contributed by atoms with Crippen molar-refractivity contribution in [2.45, 2.75) is 6.04 Å². The van der Waals surface area contributed by atoms with Crippen LogP contribution in [-0.2, 0) is 4.79 Å². The van der Waals surface area contributed by atoms with Gasteiger partial charge in [0.2, 0.25) is 5.78 Å². The van der Waals surface area contributed by atoms with Gasteiger partial charge in [-0.15, -0.1) is 6.42 Å². The summed E-state index contributed by atoms with van der Waals surface area (Å²) in [5.74, 6) is 2.18. The average Bonchev–Trinajstić information content (AvgIpc) is 2.68. The van der Waals surface area contributed by atoms with Crippen LogP contribution in [0.4, 0.5) is 0 Å². The lowest BCUT2D eigenvalue weighted by Crippen LogP contribution is -2.67. The number of ketones is 1. The molecule has 0 radical (unpaired) electrons. The Morgan fingerprint density at radius 2 is 1.04 bits per heavy atom. The van der Waals surface area contributed by atoms with Crippen LogP contribution in [0.2, 0.25) is 6.04 Å². The quantitative estimate of drug-likeness (QED) is 0.304. The lowest BCUT2D eigenvalue weighted by Gasteiger charge is -2.32. The summed E-state index contributed by atoms with van der Waals surface area (Å²) in [5, 5.41) is 3.60. The smallest absolute Gasteiger partial charge is 0.203 e. The van der Waals surface area contributed by atoms with Crippen LogP contribution in [0.25, 0.3) is 0 Å². The van der Waals surface area contributed by atoms with Crippen molar-refractivity contribution in [1.82, 2.24) is 0 Å². The Kier molecular flexibility index (Phi) is 4.74. The van der Waals surface area contributed by atoms with Crippen LogP contribution in [0.1, 0.15) is 0 Å². The number of terminal acetylenes is 1. The van der Waals surface area contributed by atoms with Crippen molar-refractivity contribution in [3.05, 3.63) is 91.0 Å². The third-order valence-corrected chi connectivity index (χ3v) is 9.19. The lowest BCUT2D eigenvalue weighted by atomic mass is 10.3. The molecule has 0 saturated carbocycles. The van der Waals surface area contributed by atoms with Crippen LogP contribution in [0.3, 0.4) is 0 Å². The molecule has 0 fully saturated rings. The number of carbonyl (C=O) groups is 1. The molecule has 3 aromatic carbocycles. The van der Waals surface area contributed by atoms with Gasteiger partial charge in [-0.2, -0.15) is 0 Å². The largest absolute Gasteiger partial charge is 0.285 e. The number of benzene rings is 3. The molecule has 0 aliphatic heterocycles.